The van der Waals surface area contributed by atoms with E-state index in [-0.39, 0.29) is 12.0 Å². The fourth-order valence-corrected chi connectivity index (χ4v) is 3.33. The van der Waals surface area contributed by atoms with E-state index < -0.39 is 5.97 Å². The summed E-state index contributed by atoms with van der Waals surface area (Å²) in [5, 5.41) is 8.73. The number of carboxylic acid groups (broad SMARTS) is 1. The van der Waals surface area contributed by atoms with Crippen LogP contribution in [0.5, 0.6) is 0 Å². The van der Waals surface area contributed by atoms with Gasteiger partial charge in [-0.25, -0.2) is 0 Å². The Hall–Kier alpha value is -0.610. The third-order valence-electron chi connectivity index (χ3n) is 4.40. The zero-order valence-corrected chi connectivity index (χ0v) is 11.4. The van der Waals surface area contributed by atoms with Gasteiger partial charge in [-0.05, 0) is 32.2 Å². The first-order valence-electron chi connectivity index (χ1n) is 7.25. The van der Waals surface area contributed by atoms with E-state index in [2.05, 4.69) is 11.8 Å². The van der Waals surface area contributed by atoms with Crippen LogP contribution < -0.4 is 0 Å². The molecule has 2 rings (SSSR count). The molecule has 1 unspecified atom stereocenters. The molecule has 1 heterocycles. The van der Waals surface area contributed by atoms with Crippen molar-refractivity contribution in [2.75, 3.05) is 19.6 Å². The molecule has 18 heavy (non-hydrogen) atoms. The summed E-state index contributed by atoms with van der Waals surface area (Å²) >= 11 is 0. The van der Waals surface area contributed by atoms with Gasteiger partial charge in [-0.15, -0.1) is 0 Å². The van der Waals surface area contributed by atoms with Gasteiger partial charge in [0.1, 0.15) is 0 Å². The Morgan fingerprint density at radius 1 is 1.39 bits per heavy atom. The normalized spacial score (nSPS) is 26.2. The van der Waals surface area contributed by atoms with Gasteiger partial charge in [0.05, 0.1) is 18.1 Å². The summed E-state index contributed by atoms with van der Waals surface area (Å²) in [7, 11) is 0. The molecule has 4 nitrogen and oxygen atoms in total. The topological polar surface area (TPSA) is 49.8 Å². The number of hydrogen-bond donors (Lipinski definition) is 1. The number of carbonyl (C=O) groups is 1. The second-order valence-corrected chi connectivity index (χ2v) is 5.71. The van der Waals surface area contributed by atoms with E-state index in [1.54, 1.807) is 0 Å². The highest BCUT2D eigenvalue weighted by molar-refractivity contribution is 5.66. The summed E-state index contributed by atoms with van der Waals surface area (Å²) in [6, 6.07) is 0. The van der Waals surface area contributed by atoms with Crippen molar-refractivity contribution >= 4 is 5.97 Å². The maximum atomic E-state index is 10.6. The van der Waals surface area contributed by atoms with Crippen molar-refractivity contribution in [2.45, 2.75) is 63.6 Å². The summed E-state index contributed by atoms with van der Waals surface area (Å²) in [5.74, 6) is -0.715. The van der Waals surface area contributed by atoms with Gasteiger partial charge >= 0.3 is 5.97 Å². The number of rotatable bonds is 6. The lowest BCUT2D eigenvalue weighted by Gasteiger charge is -2.27. The Labute approximate surface area is 109 Å². The van der Waals surface area contributed by atoms with Crippen molar-refractivity contribution in [3.05, 3.63) is 0 Å². The summed E-state index contributed by atoms with van der Waals surface area (Å²) < 4.78 is 6.26. The highest BCUT2D eigenvalue weighted by Crippen LogP contribution is 2.43. The molecule has 1 spiro atoms. The molecule has 1 aliphatic carbocycles. The molecule has 0 aromatic heterocycles. The van der Waals surface area contributed by atoms with Crippen LogP contribution in [0.3, 0.4) is 0 Å². The molecule has 0 aromatic carbocycles. The molecule has 104 valence electrons. The number of ether oxygens (including phenoxy) is 1. The van der Waals surface area contributed by atoms with Crippen LogP contribution in [-0.4, -0.2) is 47.3 Å². The summed E-state index contributed by atoms with van der Waals surface area (Å²) in [4.78, 5) is 12.8. The zero-order valence-electron chi connectivity index (χ0n) is 11.4. The number of aliphatic carboxylic acids is 1. The predicted octanol–water partition coefficient (Wildman–Crippen LogP) is 2.27. The molecule has 0 amide bonds. The van der Waals surface area contributed by atoms with Gasteiger partial charge in [-0.1, -0.05) is 19.8 Å². The van der Waals surface area contributed by atoms with E-state index >= 15 is 0 Å². The van der Waals surface area contributed by atoms with Crippen LogP contribution in [0.4, 0.5) is 0 Å². The molecule has 2 fully saturated rings. The quantitative estimate of drug-likeness (QED) is 0.791. The second-order valence-electron chi connectivity index (χ2n) is 5.71. The minimum absolute atomic E-state index is 0.191. The molecule has 1 aliphatic heterocycles. The van der Waals surface area contributed by atoms with E-state index in [9.17, 15) is 4.79 Å². The maximum absolute atomic E-state index is 10.6. The molecule has 4 heteroatoms. The number of hydrogen-bond acceptors (Lipinski definition) is 3. The monoisotopic (exact) mass is 255 g/mol. The average Bonchev–Trinajstić information content (AvgIpc) is 2.95. The largest absolute Gasteiger partial charge is 0.481 e. The molecule has 1 N–H and O–H groups in total. The van der Waals surface area contributed by atoms with Crippen LogP contribution in [0.1, 0.15) is 51.9 Å². The minimum Gasteiger partial charge on any atom is -0.481 e. The van der Waals surface area contributed by atoms with Crippen LogP contribution in [0.15, 0.2) is 0 Å². The van der Waals surface area contributed by atoms with Crippen LogP contribution in [0.25, 0.3) is 0 Å². The summed E-state index contributed by atoms with van der Waals surface area (Å²) in [6.45, 7) is 4.52. The smallest absolute Gasteiger partial charge is 0.304 e. The van der Waals surface area contributed by atoms with E-state index in [0.29, 0.717) is 12.6 Å². The minimum atomic E-state index is -0.715. The number of nitrogens with zero attached hydrogens (tertiary/aromatic N) is 1. The van der Waals surface area contributed by atoms with Crippen LogP contribution in [0.2, 0.25) is 0 Å². The third kappa shape index (κ3) is 3.45. The Morgan fingerprint density at radius 2 is 2.11 bits per heavy atom. The van der Waals surface area contributed by atoms with Gasteiger partial charge < -0.3 is 14.7 Å². The molecular weight excluding hydrogens is 230 g/mol. The van der Waals surface area contributed by atoms with Gasteiger partial charge in [0.15, 0.2) is 0 Å². The van der Waals surface area contributed by atoms with Gasteiger partial charge in [-0.2, -0.15) is 0 Å². The van der Waals surface area contributed by atoms with Crippen molar-refractivity contribution < 1.29 is 14.6 Å². The lowest BCUT2D eigenvalue weighted by atomic mass is 9.98. The van der Waals surface area contributed by atoms with E-state index in [1.807, 2.05) is 0 Å². The lowest BCUT2D eigenvalue weighted by molar-refractivity contribution is -0.137. The van der Waals surface area contributed by atoms with Crippen molar-refractivity contribution in [1.29, 1.82) is 0 Å². The molecule has 0 radical (unpaired) electrons. The van der Waals surface area contributed by atoms with Crippen molar-refractivity contribution in [3.8, 4) is 0 Å². The van der Waals surface area contributed by atoms with E-state index in [0.717, 1.165) is 19.5 Å². The first-order valence-corrected chi connectivity index (χ1v) is 7.25. The standard InChI is InChI=1S/C14H25NO3/c1-2-15(10-6-13(16)17)11-12-5-9-14(18-12)7-3-4-8-14/h12H,2-11H2,1H3,(H,16,17). The fourth-order valence-electron chi connectivity index (χ4n) is 3.33. The third-order valence-corrected chi connectivity index (χ3v) is 4.40. The Balaban J connectivity index is 1.76. The van der Waals surface area contributed by atoms with Crippen molar-refractivity contribution in [3.63, 3.8) is 0 Å². The molecule has 1 saturated carbocycles. The maximum Gasteiger partial charge on any atom is 0.304 e. The van der Waals surface area contributed by atoms with E-state index in [1.165, 1.54) is 32.1 Å². The molecule has 0 aromatic rings. The number of likely N-dealkylation sites (N-methyl/N-ethyl adjacent to an activating group) is 1. The van der Waals surface area contributed by atoms with Crippen LogP contribution >= 0.6 is 0 Å². The fraction of sp³-hybridized carbons (Fsp3) is 0.929. The average molecular weight is 255 g/mol. The zero-order chi connectivity index (χ0) is 13.0. The predicted molar refractivity (Wildman–Crippen MR) is 69.7 cm³/mol. The Kier molecular flexibility index (Phi) is 4.62. The summed E-state index contributed by atoms with van der Waals surface area (Å²) in [5.41, 5.74) is 0.191. The summed E-state index contributed by atoms with van der Waals surface area (Å²) in [6.07, 6.45) is 7.96. The van der Waals surface area contributed by atoms with Crippen LogP contribution in [-0.2, 0) is 9.53 Å². The van der Waals surface area contributed by atoms with Crippen molar-refractivity contribution in [2.24, 2.45) is 0 Å². The highest BCUT2D eigenvalue weighted by atomic mass is 16.5. The Morgan fingerprint density at radius 3 is 2.72 bits per heavy atom. The van der Waals surface area contributed by atoms with Gasteiger partial charge in [0.25, 0.3) is 0 Å². The molecule has 0 bridgehead atoms. The highest BCUT2D eigenvalue weighted by Gasteiger charge is 2.42. The molecule has 1 atom stereocenters. The SMILES string of the molecule is CCN(CCC(=O)O)CC1CCC2(CCCC2)O1. The number of carboxylic acids is 1. The van der Waals surface area contributed by atoms with Gasteiger partial charge in [0, 0.05) is 13.1 Å². The van der Waals surface area contributed by atoms with Crippen molar-refractivity contribution in [1.82, 2.24) is 4.90 Å². The first-order chi connectivity index (χ1) is 8.63. The molecule has 2 aliphatic rings. The van der Waals surface area contributed by atoms with E-state index in [4.69, 9.17) is 9.84 Å². The van der Waals surface area contributed by atoms with Crippen LogP contribution in [0, 0.1) is 0 Å². The molecular formula is C14H25NO3. The van der Waals surface area contributed by atoms with Gasteiger partial charge in [0.2, 0.25) is 0 Å². The first kappa shape index (κ1) is 13.8. The second kappa shape index (κ2) is 6.02. The Bertz CT molecular complexity index is 287. The van der Waals surface area contributed by atoms with Gasteiger partial charge in [-0.3, -0.25) is 4.79 Å². The molecule has 1 saturated heterocycles. The lowest BCUT2D eigenvalue weighted by Crippen LogP contribution is -2.35.